The number of hydrogen-bond donors (Lipinski definition) is 2. The van der Waals surface area contributed by atoms with E-state index in [9.17, 15) is 4.79 Å². The number of hydrogen-bond acceptors (Lipinski definition) is 3. The SMILES string of the molecule is CCCNCCNC(=O)c1nn(-c2ccc(C)cc2C)c2c1CCC2. The second-order valence-electron chi connectivity index (χ2n) is 6.84. The van der Waals surface area contributed by atoms with Crippen LogP contribution in [0.5, 0.6) is 0 Å². The minimum atomic E-state index is -0.0556. The van der Waals surface area contributed by atoms with Gasteiger partial charge in [-0.2, -0.15) is 5.10 Å². The lowest BCUT2D eigenvalue weighted by Gasteiger charge is -2.10. The van der Waals surface area contributed by atoms with E-state index < -0.39 is 0 Å². The number of benzene rings is 1. The molecule has 0 bridgehead atoms. The summed E-state index contributed by atoms with van der Waals surface area (Å²) in [6.07, 6.45) is 4.12. The van der Waals surface area contributed by atoms with E-state index in [4.69, 9.17) is 5.10 Å². The molecule has 0 aliphatic heterocycles. The van der Waals surface area contributed by atoms with E-state index in [2.05, 4.69) is 49.6 Å². The van der Waals surface area contributed by atoms with Crippen molar-refractivity contribution in [2.75, 3.05) is 19.6 Å². The van der Waals surface area contributed by atoms with Gasteiger partial charge in [0.05, 0.1) is 5.69 Å². The second-order valence-corrected chi connectivity index (χ2v) is 6.84. The van der Waals surface area contributed by atoms with Crippen LogP contribution in [-0.4, -0.2) is 35.3 Å². The highest BCUT2D eigenvalue weighted by molar-refractivity contribution is 5.94. The van der Waals surface area contributed by atoms with Crippen LogP contribution in [0.15, 0.2) is 18.2 Å². The van der Waals surface area contributed by atoms with Crippen molar-refractivity contribution < 1.29 is 4.79 Å². The van der Waals surface area contributed by atoms with E-state index in [-0.39, 0.29) is 5.91 Å². The summed E-state index contributed by atoms with van der Waals surface area (Å²) in [7, 11) is 0. The van der Waals surface area contributed by atoms with Crippen molar-refractivity contribution in [3.05, 3.63) is 46.3 Å². The highest BCUT2D eigenvalue weighted by atomic mass is 16.1. The molecule has 0 fully saturated rings. The van der Waals surface area contributed by atoms with Gasteiger partial charge in [-0.15, -0.1) is 0 Å². The standard InChI is InChI=1S/C20H28N4O/c1-4-10-21-11-12-22-20(25)19-16-6-5-7-18(16)24(23-19)17-9-8-14(2)13-15(17)3/h8-9,13,21H,4-7,10-12H2,1-3H3,(H,22,25). The Bertz CT molecular complexity index is 763. The smallest absolute Gasteiger partial charge is 0.272 e. The van der Waals surface area contributed by atoms with E-state index in [1.807, 2.05) is 4.68 Å². The lowest BCUT2D eigenvalue weighted by atomic mass is 10.1. The summed E-state index contributed by atoms with van der Waals surface area (Å²) in [5, 5.41) is 11.0. The maximum absolute atomic E-state index is 12.6. The van der Waals surface area contributed by atoms with Gasteiger partial charge in [0.1, 0.15) is 0 Å². The van der Waals surface area contributed by atoms with Crippen LogP contribution >= 0.6 is 0 Å². The first-order chi connectivity index (χ1) is 12.1. The van der Waals surface area contributed by atoms with Crippen LogP contribution in [0.2, 0.25) is 0 Å². The van der Waals surface area contributed by atoms with Gasteiger partial charge in [-0.3, -0.25) is 4.79 Å². The third-order valence-electron chi connectivity index (χ3n) is 4.74. The molecule has 5 nitrogen and oxygen atoms in total. The largest absolute Gasteiger partial charge is 0.349 e. The number of amides is 1. The molecule has 0 saturated carbocycles. The fourth-order valence-corrected chi connectivity index (χ4v) is 3.51. The number of aromatic nitrogens is 2. The van der Waals surface area contributed by atoms with Gasteiger partial charge in [0, 0.05) is 24.3 Å². The van der Waals surface area contributed by atoms with Gasteiger partial charge in [-0.05, 0) is 57.7 Å². The molecule has 1 aliphatic carbocycles. The number of aryl methyl sites for hydroxylation is 2. The Balaban J connectivity index is 1.81. The summed E-state index contributed by atoms with van der Waals surface area (Å²) >= 11 is 0. The topological polar surface area (TPSA) is 58.9 Å². The molecule has 1 aromatic carbocycles. The number of rotatable bonds is 7. The predicted octanol–water partition coefficient (Wildman–Crippen LogP) is 2.71. The molecule has 5 heteroatoms. The summed E-state index contributed by atoms with van der Waals surface area (Å²) in [5.41, 5.74) is 6.42. The Kier molecular flexibility index (Phi) is 5.53. The fraction of sp³-hybridized carbons (Fsp3) is 0.500. The number of nitrogens with zero attached hydrogens (tertiary/aromatic N) is 2. The zero-order valence-electron chi connectivity index (χ0n) is 15.5. The number of carbonyl (C=O) groups is 1. The van der Waals surface area contributed by atoms with Crippen molar-refractivity contribution in [3.8, 4) is 5.69 Å². The van der Waals surface area contributed by atoms with Gasteiger partial charge in [0.15, 0.2) is 5.69 Å². The van der Waals surface area contributed by atoms with Crippen molar-refractivity contribution in [3.63, 3.8) is 0 Å². The molecule has 1 aliphatic rings. The van der Waals surface area contributed by atoms with Gasteiger partial charge in [-0.25, -0.2) is 4.68 Å². The highest BCUT2D eigenvalue weighted by Gasteiger charge is 2.27. The minimum Gasteiger partial charge on any atom is -0.349 e. The second kappa shape index (κ2) is 7.83. The van der Waals surface area contributed by atoms with Crippen LogP contribution in [0.4, 0.5) is 0 Å². The third kappa shape index (κ3) is 3.76. The van der Waals surface area contributed by atoms with E-state index in [1.54, 1.807) is 0 Å². The van der Waals surface area contributed by atoms with Gasteiger partial charge >= 0.3 is 0 Å². The Morgan fingerprint density at radius 2 is 2.04 bits per heavy atom. The van der Waals surface area contributed by atoms with Crippen molar-refractivity contribution >= 4 is 5.91 Å². The van der Waals surface area contributed by atoms with Crippen LogP contribution in [0.3, 0.4) is 0 Å². The van der Waals surface area contributed by atoms with E-state index >= 15 is 0 Å². The molecule has 0 saturated heterocycles. The number of fused-ring (bicyclic) bond motifs is 1. The number of carbonyl (C=O) groups excluding carboxylic acids is 1. The van der Waals surface area contributed by atoms with E-state index in [1.165, 1.54) is 16.8 Å². The molecule has 0 spiro atoms. The molecule has 2 aromatic rings. The van der Waals surface area contributed by atoms with E-state index in [0.29, 0.717) is 12.2 Å². The molecule has 25 heavy (non-hydrogen) atoms. The lowest BCUT2D eigenvalue weighted by Crippen LogP contribution is -2.32. The summed E-state index contributed by atoms with van der Waals surface area (Å²) in [6, 6.07) is 6.37. The lowest BCUT2D eigenvalue weighted by molar-refractivity contribution is 0.0947. The summed E-state index contributed by atoms with van der Waals surface area (Å²) in [5.74, 6) is -0.0556. The third-order valence-corrected chi connectivity index (χ3v) is 4.74. The first kappa shape index (κ1) is 17.7. The summed E-state index contributed by atoms with van der Waals surface area (Å²) in [4.78, 5) is 12.6. The molecule has 1 aromatic heterocycles. The molecular formula is C20H28N4O. The Morgan fingerprint density at radius 3 is 2.80 bits per heavy atom. The van der Waals surface area contributed by atoms with Crippen LogP contribution in [-0.2, 0) is 12.8 Å². The van der Waals surface area contributed by atoms with Gasteiger partial charge in [-0.1, -0.05) is 24.6 Å². The van der Waals surface area contributed by atoms with Crippen molar-refractivity contribution in [1.29, 1.82) is 0 Å². The molecule has 2 N–H and O–H groups in total. The molecule has 0 atom stereocenters. The molecule has 134 valence electrons. The molecule has 0 radical (unpaired) electrons. The van der Waals surface area contributed by atoms with Crippen LogP contribution < -0.4 is 10.6 Å². The molecular weight excluding hydrogens is 312 g/mol. The fourth-order valence-electron chi connectivity index (χ4n) is 3.51. The Labute approximate surface area is 149 Å². The van der Waals surface area contributed by atoms with Crippen LogP contribution in [0.1, 0.15) is 52.6 Å². The van der Waals surface area contributed by atoms with Gasteiger partial charge < -0.3 is 10.6 Å². The van der Waals surface area contributed by atoms with Gasteiger partial charge in [0.25, 0.3) is 5.91 Å². The maximum atomic E-state index is 12.6. The predicted molar refractivity (Wildman–Crippen MR) is 101 cm³/mol. The number of nitrogens with one attached hydrogen (secondary N) is 2. The monoisotopic (exact) mass is 340 g/mol. The zero-order valence-corrected chi connectivity index (χ0v) is 15.5. The molecule has 1 amide bonds. The highest BCUT2D eigenvalue weighted by Crippen LogP contribution is 2.29. The molecule has 0 unspecified atom stereocenters. The molecule has 1 heterocycles. The van der Waals surface area contributed by atoms with E-state index in [0.717, 1.165) is 50.0 Å². The molecule has 3 rings (SSSR count). The summed E-state index contributed by atoms with van der Waals surface area (Å²) < 4.78 is 1.99. The summed E-state index contributed by atoms with van der Waals surface area (Å²) in [6.45, 7) is 8.73. The first-order valence-corrected chi connectivity index (χ1v) is 9.29. The van der Waals surface area contributed by atoms with Gasteiger partial charge in [0.2, 0.25) is 0 Å². The minimum absolute atomic E-state index is 0.0556. The zero-order chi connectivity index (χ0) is 17.8. The van der Waals surface area contributed by atoms with Crippen molar-refractivity contribution in [2.45, 2.75) is 46.5 Å². The van der Waals surface area contributed by atoms with Crippen molar-refractivity contribution in [1.82, 2.24) is 20.4 Å². The average molecular weight is 340 g/mol. The van der Waals surface area contributed by atoms with Crippen molar-refractivity contribution in [2.24, 2.45) is 0 Å². The average Bonchev–Trinajstić information content (AvgIpc) is 3.17. The van der Waals surface area contributed by atoms with Crippen LogP contribution in [0, 0.1) is 13.8 Å². The van der Waals surface area contributed by atoms with Crippen LogP contribution in [0.25, 0.3) is 5.69 Å². The normalized spacial score (nSPS) is 13.1. The maximum Gasteiger partial charge on any atom is 0.272 e. The quantitative estimate of drug-likeness (QED) is 0.762. The first-order valence-electron chi connectivity index (χ1n) is 9.29. The Hall–Kier alpha value is -2.14. The Morgan fingerprint density at radius 1 is 1.20 bits per heavy atom.